The number of anilines is 3. The number of rotatable bonds is 3. The van der Waals surface area contributed by atoms with Crippen LogP contribution in [-0.4, -0.2) is 143 Å². The van der Waals surface area contributed by atoms with Crippen molar-refractivity contribution in [1.29, 1.82) is 0 Å². The minimum Gasteiger partial charge on any atom is -0.444 e. The molecular formula is C33H57N9O6. The average molecular weight is 676 g/mol. The molecule has 0 atom stereocenters. The average Bonchev–Trinajstić information content (AvgIpc) is 3.47. The van der Waals surface area contributed by atoms with Gasteiger partial charge in [-0.05, 0) is 81.6 Å². The molecule has 0 unspecified atom stereocenters. The number of carbonyl (C=O) groups excluding carboxylic acids is 3. The monoisotopic (exact) mass is 675 g/mol. The zero-order chi connectivity index (χ0) is 35.3. The smallest absolute Gasteiger partial charge is 0.410 e. The van der Waals surface area contributed by atoms with E-state index in [-0.39, 0.29) is 18.3 Å². The first-order chi connectivity index (χ1) is 22.4. The van der Waals surface area contributed by atoms with Crippen molar-refractivity contribution in [1.82, 2.24) is 29.7 Å². The lowest BCUT2D eigenvalue weighted by molar-refractivity contribution is 0.0253. The van der Waals surface area contributed by atoms with Crippen molar-refractivity contribution in [2.75, 3.05) is 93.2 Å². The zero-order valence-corrected chi connectivity index (χ0v) is 30.6. The molecule has 270 valence electrons. The van der Waals surface area contributed by atoms with Gasteiger partial charge in [0.2, 0.25) is 17.8 Å². The number of amides is 3. The summed E-state index contributed by atoms with van der Waals surface area (Å²) in [5, 5.41) is 0. The number of aromatic nitrogens is 3. The molecule has 3 aliphatic heterocycles. The summed E-state index contributed by atoms with van der Waals surface area (Å²) in [5.74, 6) is 1.63. The maximum absolute atomic E-state index is 12.9. The van der Waals surface area contributed by atoms with Crippen LogP contribution >= 0.6 is 0 Å². The highest BCUT2D eigenvalue weighted by Gasteiger charge is 2.30. The Morgan fingerprint density at radius 1 is 0.417 bits per heavy atom. The highest BCUT2D eigenvalue weighted by atomic mass is 16.6. The first-order valence-corrected chi connectivity index (χ1v) is 17.3. The van der Waals surface area contributed by atoms with Crippen molar-refractivity contribution in [3.63, 3.8) is 0 Å². The van der Waals surface area contributed by atoms with Gasteiger partial charge in [-0.3, -0.25) is 0 Å². The van der Waals surface area contributed by atoms with E-state index >= 15 is 0 Å². The van der Waals surface area contributed by atoms with E-state index in [1.54, 1.807) is 14.7 Å². The number of hydrogen-bond donors (Lipinski definition) is 0. The van der Waals surface area contributed by atoms with Crippen LogP contribution in [0.1, 0.15) is 81.6 Å². The molecule has 15 nitrogen and oxygen atoms in total. The fraction of sp³-hybridized carbons (Fsp3) is 0.818. The Morgan fingerprint density at radius 3 is 0.896 bits per heavy atom. The number of ether oxygens (including phenoxy) is 3. The highest BCUT2D eigenvalue weighted by molar-refractivity contribution is 5.69. The summed E-state index contributed by atoms with van der Waals surface area (Å²) in [5.41, 5.74) is -1.71. The Labute approximate surface area is 285 Å². The third-order valence-corrected chi connectivity index (χ3v) is 7.89. The summed E-state index contributed by atoms with van der Waals surface area (Å²) in [6.45, 7) is 23.6. The third-order valence-electron chi connectivity index (χ3n) is 7.89. The fourth-order valence-electron chi connectivity index (χ4n) is 5.65. The van der Waals surface area contributed by atoms with Gasteiger partial charge in [-0.1, -0.05) is 0 Å². The molecule has 0 aromatic carbocycles. The Bertz CT molecular complexity index is 1110. The van der Waals surface area contributed by atoms with E-state index in [4.69, 9.17) is 29.2 Å². The summed E-state index contributed by atoms with van der Waals surface area (Å²) in [7, 11) is 0. The molecule has 0 N–H and O–H groups in total. The predicted octanol–water partition coefficient (Wildman–Crippen LogP) is 4.21. The maximum atomic E-state index is 12.9. The van der Waals surface area contributed by atoms with Gasteiger partial charge in [-0.25, -0.2) is 14.4 Å². The second-order valence-corrected chi connectivity index (χ2v) is 15.7. The van der Waals surface area contributed by atoms with Crippen molar-refractivity contribution >= 4 is 36.1 Å². The van der Waals surface area contributed by atoms with Crippen molar-refractivity contribution in [3.05, 3.63) is 0 Å². The summed E-state index contributed by atoms with van der Waals surface area (Å²) >= 11 is 0. The Balaban J connectivity index is 1.56. The Kier molecular flexibility index (Phi) is 11.7. The second kappa shape index (κ2) is 15.2. The van der Waals surface area contributed by atoms with E-state index in [1.807, 2.05) is 62.3 Å². The molecule has 0 radical (unpaired) electrons. The van der Waals surface area contributed by atoms with Gasteiger partial charge in [0, 0.05) is 78.5 Å². The van der Waals surface area contributed by atoms with Crippen molar-refractivity contribution in [3.8, 4) is 0 Å². The van der Waals surface area contributed by atoms with E-state index in [9.17, 15) is 14.4 Å². The molecule has 3 fully saturated rings. The summed E-state index contributed by atoms with van der Waals surface area (Å²) in [6, 6.07) is 0. The largest absolute Gasteiger partial charge is 0.444 e. The van der Waals surface area contributed by atoms with E-state index < -0.39 is 16.8 Å². The number of nitrogens with zero attached hydrogens (tertiary/aromatic N) is 9. The molecule has 3 amide bonds. The van der Waals surface area contributed by atoms with E-state index in [0.717, 1.165) is 19.3 Å². The van der Waals surface area contributed by atoms with Crippen LogP contribution in [0.5, 0.6) is 0 Å². The van der Waals surface area contributed by atoms with Crippen LogP contribution in [0.15, 0.2) is 0 Å². The molecule has 0 spiro atoms. The lowest BCUT2D eigenvalue weighted by atomic mass is 10.2. The van der Waals surface area contributed by atoms with Crippen LogP contribution in [0.3, 0.4) is 0 Å². The van der Waals surface area contributed by atoms with Gasteiger partial charge in [0.25, 0.3) is 0 Å². The van der Waals surface area contributed by atoms with Crippen molar-refractivity contribution in [2.24, 2.45) is 0 Å². The Hall–Kier alpha value is -3.78. The third kappa shape index (κ3) is 11.1. The Morgan fingerprint density at radius 2 is 0.667 bits per heavy atom. The first-order valence-electron chi connectivity index (χ1n) is 17.3. The zero-order valence-electron chi connectivity index (χ0n) is 30.6. The quantitative estimate of drug-likeness (QED) is 0.425. The van der Waals surface area contributed by atoms with Crippen LogP contribution in [-0.2, 0) is 14.2 Å². The lowest BCUT2D eigenvalue weighted by Gasteiger charge is -2.29. The van der Waals surface area contributed by atoms with Gasteiger partial charge in [0.15, 0.2) is 0 Å². The molecular weight excluding hydrogens is 618 g/mol. The molecule has 3 aliphatic rings. The summed E-state index contributed by atoms with van der Waals surface area (Å²) in [6.07, 6.45) is 1.25. The van der Waals surface area contributed by atoms with Crippen molar-refractivity contribution in [2.45, 2.75) is 98.4 Å². The minimum absolute atomic E-state index is 0.320. The maximum Gasteiger partial charge on any atom is 0.410 e. The van der Waals surface area contributed by atoms with Crippen molar-refractivity contribution < 1.29 is 28.6 Å². The first kappa shape index (κ1) is 37.0. The molecule has 0 bridgehead atoms. The van der Waals surface area contributed by atoms with Crippen LogP contribution < -0.4 is 14.7 Å². The molecule has 0 saturated carbocycles. The van der Waals surface area contributed by atoms with E-state index in [0.29, 0.717) is 96.4 Å². The van der Waals surface area contributed by atoms with E-state index in [2.05, 4.69) is 14.7 Å². The van der Waals surface area contributed by atoms with Gasteiger partial charge in [0.1, 0.15) is 16.8 Å². The van der Waals surface area contributed by atoms with Crippen LogP contribution in [0.2, 0.25) is 0 Å². The number of hydrogen-bond acceptors (Lipinski definition) is 12. The normalized spacial score (nSPS) is 18.9. The highest BCUT2D eigenvalue weighted by Crippen LogP contribution is 2.24. The van der Waals surface area contributed by atoms with Crippen LogP contribution in [0.4, 0.5) is 32.2 Å². The standard InChI is InChI=1S/C33H57N9O6/c1-31(2,3)46-28(43)40-16-10-13-37(19-22-40)25-34-26(38-14-11-17-41(23-20-38)29(44)47-32(4,5)6)36-27(35-25)39-15-12-18-42(24-21-39)30(45)48-33(7,8)9/h10-24H2,1-9H3. The van der Waals surface area contributed by atoms with Gasteiger partial charge >= 0.3 is 18.3 Å². The minimum atomic E-state index is -0.570. The topological polar surface area (TPSA) is 137 Å². The molecule has 1 aromatic rings. The number of carbonyl (C=O) groups is 3. The van der Waals surface area contributed by atoms with Gasteiger partial charge < -0.3 is 43.6 Å². The second-order valence-electron chi connectivity index (χ2n) is 15.7. The molecule has 4 heterocycles. The summed E-state index contributed by atoms with van der Waals surface area (Å²) in [4.78, 5) is 65.0. The molecule has 1 aromatic heterocycles. The SMILES string of the molecule is CC(C)(C)OC(=O)N1CCCN(c2nc(N3CCCN(C(=O)OC(C)(C)C)CC3)nc(N3CCCN(C(=O)OC(C)(C)C)CC3)n2)CC1. The van der Waals surface area contributed by atoms with Gasteiger partial charge in [-0.15, -0.1) is 0 Å². The van der Waals surface area contributed by atoms with Crippen LogP contribution in [0.25, 0.3) is 0 Å². The van der Waals surface area contributed by atoms with E-state index in [1.165, 1.54) is 0 Å². The molecule has 3 saturated heterocycles. The van der Waals surface area contributed by atoms with Gasteiger partial charge in [-0.2, -0.15) is 15.0 Å². The molecule has 0 aliphatic carbocycles. The molecule has 15 heteroatoms. The van der Waals surface area contributed by atoms with Crippen LogP contribution in [0, 0.1) is 0 Å². The lowest BCUT2D eigenvalue weighted by Crippen LogP contribution is -2.40. The molecule has 4 rings (SSSR count). The fourth-order valence-corrected chi connectivity index (χ4v) is 5.65. The van der Waals surface area contributed by atoms with Gasteiger partial charge in [0.05, 0.1) is 0 Å². The predicted molar refractivity (Wildman–Crippen MR) is 184 cm³/mol. The summed E-state index contributed by atoms with van der Waals surface area (Å²) < 4.78 is 16.9. The molecule has 48 heavy (non-hydrogen) atoms.